The molecule has 0 bridgehead atoms. The second-order valence-electron chi connectivity index (χ2n) is 4.23. The molecule has 0 fully saturated rings. The third-order valence-electron chi connectivity index (χ3n) is 2.95. The molecule has 0 aromatic heterocycles. The molecule has 1 amide bonds. The lowest BCUT2D eigenvalue weighted by Crippen LogP contribution is -2.23. The van der Waals surface area contributed by atoms with Gasteiger partial charge in [0.15, 0.2) is 0 Å². The van der Waals surface area contributed by atoms with Crippen molar-refractivity contribution in [1.82, 2.24) is 5.32 Å². The summed E-state index contributed by atoms with van der Waals surface area (Å²) < 4.78 is 10.3. The summed E-state index contributed by atoms with van der Waals surface area (Å²) >= 11 is 0. The van der Waals surface area contributed by atoms with Gasteiger partial charge in [-0.15, -0.1) is 0 Å². The van der Waals surface area contributed by atoms with E-state index in [1.165, 1.54) is 7.11 Å². The first-order valence-corrected chi connectivity index (χ1v) is 6.28. The van der Waals surface area contributed by atoms with Gasteiger partial charge in [0.1, 0.15) is 11.5 Å². The van der Waals surface area contributed by atoms with Crippen LogP contribution in [0.4, 0.5) is 0 Å². The maximum atomic E-state index is 12.2. The number of hydrogen-bond donors (Lipinski definition) is 1. The van der Waals surface area contributed by atoms with Crippen molar-refractivity contribution < 1.29 is 14.3 Å². The van der Waals surface area contributed by atoms with Crippen molar-refractivity contribution >= 4 is 5.91 Å². The van der Waals surface area contributed by atoms with Crippen LogP contribution in [-0.4, -0.2) is 20.1 Å². The molecule has 0 aliphatic heterocycles. The summed E-state index contributed by atoms with van der Waals surface area (Å²) in [6.45, 7) is 0.472. The van der Waals surface area contributed by atoms with Crippen molar-refractivity contribution in [1.29, 1.82) is 0 Å². The maximum absolute atomic E-state index is 12.2. The largest absolute Gasteiger partial charge is 0.497 e. The normalized spacial score (nSPS) is 9.90. The number of nitrogens with one attached hydrogen (secondary N) is 1. The summed E-state index contributed by atoms with van der Waals surface area (Å²) in [6.07, 6.45) is 0. The highest BCUT2D eigenvalue weighted by Crippen LogP contribution is 2.23. The van der Waals surface area contributed by atoms with Crippen molar-refractivity contribution in [2.75, 3.05) is 14.2 Å². The van der Waals surface area contributed by atoms with Crippen LogP contribution in [0, 0.1) is 0 Å². The quantitative estimate of drug-likeness (QED) is 0.909. The third-order valence-corrected chi connectivity index (χ3v) is 2.95. The van der Waals surface area contributed by atoms with Gasteiger partial charge in [0.2, 0.25) is 0 Å². The SMILES string of the molecule is COc1ccc(OC)c(C(=O)NCc2ccccc2)c1. The second kappa shape index (κ2) is 6.61. The fourth-order valence-corrected chi connectivity index (χ4v) is 1.86. The molecule has 2 aromatic rings. The van der Waals surface area contributed by atoms with Gasteiger partial charge in [-0.1, -0.05) is 30.3 Å². The smallest absolute Gasteiger partial charge is 0.255 e. The van der Waals surface area contributed by atoms with Gasteiger partial charge in [-0.25, -0.2) is 0 Å². The Hall–Kier alpha value is -2.49. The van der Waals surface area contributed by atoms with Gasteiger partial charge >= 0.3 is 0 Å². The van der Waals surface area contributed by atoms with Crippen molar-refractivity contribution in [2.45, 2.75) is 6.54 Å². The lowest BCUT2D eigenvalue weighted by Gasteiger charge is -2.11. The van der Waals surface area contributed by atoms with Crippen molar-refractivity contribution in [3.05, 3.63) is 59.7 Å². The van der Waals surface area contributed by atoms with Crippen LogP contribution in [0.25, 0.3) is 0 Å². The molecule has 0 unspecified atom stereocenters. The molecule has 2 rings (SSSR count). The number of amides is 1. The fraction of sp³-hybridized carbons (Fsp3) is 0.188. The number of carbonyl (C=O) groups is 1. The summed E-state index contributed by atoms with van der Waals surface area (Å²) in [5, 5.41) is 2.87. The van der Waals surface area contributed by atoms with E-state index in [4.69, 9.17) is 9.47 Å². The lowest BCUT2D eigenvalue weighted by atomic mass is 10.1. The highest BCUT2D eigenvalue weighted by atomic mass is 16.5. The molecular weight excluding hydrogens is 254 g/mol. The first-order chi connectivity index (χ1) is 9.74. The van der Waals surface area contributed by atoms with Crippen LogP contribution >= 0.6 is 0 Å². The van der Waals surface area contributed by atoms with Crippen LogP contribution in [-0.2, 0) is 6.54 Å². The minimum atomic E-state index is -0.190. The number of methoxy groups -OCH3 is 2. The first kappa shape index (κ1) is 13.9. The molecule has 0 saturated carbocycles. The fourth-order valence-electron chi connectivity index (χ4n) is 1.86. The first-order valence-electron chi connectivity index (χ1n) is 6.28. The van der Waals surface area contributed by atoms with E-state index in [2.05, 4.69) is 5.32 Å². The van der Waals surface area contributed by atoms with E-state index in [9.17, 15) is 4.79 Å². The molecule has 20 heavy (non-hydrogen) atoms. The number of hydrogen-bond acceptors (Lipinski definition) is 3. The number of benzene rings is 2. The predicted molar refractivity (Wildman–Crippen MR) is 77.2 cm³/mol. The molecule has 0 spiro atoms. The third kappa shape index (κ3) is 3.29. The molecule has 0 saturated heterocycles. The second-order valence-corrected chi connectivity index (χ2v) is 4.23. The zero-order valence-corrected chi connectivity index (χ0v) is 11.6. The van der Waals surface area contributed by atoms with Gasteiger partial charge in [-0.05, 0) is 23.8 Å². The van der Waals surface area contributed by atoms with Crippen molar-refractivity contribution in [2.24, 2.45) is 0 Å². The monoisotopic (exact) mass is 271 g/mol. The average Bonchev–Trinajstić information content (AvgIpc) is 2.52. The van der Waals surface area contributed by atoms with E-state index in [0.29, 0.717) is 23.6 Å². The zero-order valence-electron chi connectivity index (χ0n) is 11.6. The summed E-state index contributed by atoms with van der Waals surface area (Å²) in [6, 6.07) is 14.9. The standard InChI is InChI=1S/C16H17NO3/c1-19-13-8-9-15(20-2)14(10-13)16(18)17-11-12-6-4-3-5-7-12/h3-10H,11H2,1-2H3,(H,17,18). The van der Waals surface area contributed by atoms with E-state index in [1.54, 1.807) is 25.3 Å². The van der Waals surface area contributed by atoms with Gasteiger partial charge in [-0.3, -0.25) is 4.79 Å². The maximum Gasteiger partial charge on any atom is 0.255 e. The average molecular weight is 271 g/mol. The molecule has 0 radical (unpaired) electrons. The Morgan fingerprint density at radius 3 is 2.45 bits per heavy atom. The van der Waals surface area contributed by atoms with Gasteiger partial charge in [0, 0.05) is 6.54 Å². The van der Waals surface area contributed by atoms with Crippen LogP contribution in [0.5, 0.6) is 11.5 Å². The Morgan fingerprint density at radius 2 is 1.80 bits per heavy atom. The summed E-state index contributed by atoms with van der Waals surface area (Å²) in [5.74, 6) is 0.955. The highest BCUT2D eigenvalue weighted by molar-refractivity contribution is 5.97. The van der Waals surface area contributed by atoms with E-state index in [-0.39, 0.29) is 5.91 Å². The predicted octanol–water partition coefficient (Wildman–Crippen LogP) is 2.63. The Labute approximate surface area is 118 Å². The van der Waals surface area contributed by atoms with Crippen LogP contribution in [0.15, 0.2) is 48.5 Å². The van der Waals surface area contributed by atoms with Crippen molar-refractivity contribution in [3.63, 3.8) is 0 Å². The number of carbonyl (C=O) groups excluding carboxylic acids is 1. The van der Waals surface area contributed by atoms with Crippen LogP contribution in [0.1, 0.15) is 15.9 Å². The molecule has 0 atom stereocenters. The molecule has 0 heterocycles. The van der Waals surface area contributed by atoms with Gasteiger partial charge < -0.3 is 14.8 Å². The number of ether oxygens (including phenoxy) is 2. The van der Waals surface area contributed by atoms with E-state index >= 15 is 0 Å². The molecule has 1 N–H and O–H groups in total. The molecule has 4 nitrogen and oxygen atoms in total. The zero-order chi connectivity index (χ0) is 14.4. The van der Waals surface area contributed by atoms with Crippen molar-refractivity contribution in [3.8, 4) is 11.5 Å². The number of rotatable bonds is 5. The Bertz CT molecular complexity index is 582. The minimum absolute atomic E-state index is 0.190. The molecule has 0 aliphatic rings. The Kier molecular flexibility index (Phi) is 4.60. The summed E-state index contributed by atoms with van der Waals surface area (Å²) in [5.41, 5.74) is 1.51. The molecule has 4 heteroatoms. The molecule has 0 aliphatic carbocycles. The highest BCUT2D eigenvalue weighted by Gasteiger charge is 2.13. The van der Waals surface area contributed by atoms with Crippen LogP contribution < -0.4 is 14.8 Å². The Morgan fingerprint density at radius 1 is 1.05 bits per heavy atom. The lowest BCUT2D eigenvalue weighted by molar-refractivity contribution is 0.0947. The van der Waals surface area contributed by atoms with Gasteiger partial charge in [-0.2, -0.15) is 0 Å². The van der Waals surface area contributed by atoms with Crippen LogP contribution in [0.3, 0.4) is 0 Å². The van der Waals surface area contributed by atoms with Gasteiger partial charge in [0.25, 0.3) is 5.91 Å². The van der Waals surface area contributed by atoms with Gasteiger partial charge in [0.05, 0.1) is 19.8 Å². The minimum Gasteiger partial charge on any atom is -0.497 e. The molecule has 2 aromatic carbocycles. The Balaban J connectivity index is 2.12. The van der Waals surface area contributed by atoms with Crippen LogP contribution in [0.2, 0.25) is 0 Å². The summed E-state index contributed by atoms with van der Waals surface area (Å²) in [4.78, 5) is 12.2. The van der Waals surface area contributed by atoms with E-state index in [1.807, 2.05) is 30.3 Å². The molecular formula is C16H17NO3. The summed E-state index contributed by atoms with van der Waals surface area (Å²) in [7, 11) is 3.10. The topological polar surface area (TPSA) is 47.6 Å². The molecule has 104 valence electrons. The van der Waals surface area contributed by atoms with E-state index in [0.717, 1.165) is 5.56 Å². The van der Waals surface area contributed by atoms with E-state index < -0.39 is 0 Å².